The molecule has 2 nitrogen and oxygen atoms in total. The summed E-state index contributed by atoms with van der Waals surface area (Å²) in [5, 5.41) is 0. The third kappa shape index (κ3) is 4.96. The minimum Gasteiger partial charge on any atom is -0.384 e. The van der Waals surface area contributed by atoms with Gasteiger partial charge < -0.3 is 10.5 Å². The molecule has 84 valence electrons. The van der Waals surface area contributed by atoms with Gasteiger partial charge in [-0.05, 0) is 24.3 Å². The van der Waals surface area contributed by atoms with E-state index in [1.54, 1.807) is 7.11 Å². The quantitative estimate of drug-likeness (QED) is 0.776. The van der Waals surface area contributed by atoms with Gasteiger partial charge in [-0.3, -0.25) is 0 Å². The molecule has 1 aromatic rings. The molecule has 0 saturated carbocycles. The molecule has 0 spiro atoms. The van der Waals surface area contributed by atoms with E-state index < -0.39 is 0 Å². The van der Waals surface area contributed by atoms with E-state index in [-0.39, 0.29) is 6.04 Å². The highest BCUT2D eigenvalue weighted by Crippen LogP contribution is 2.09. The summed E-state index contributed by atoms with van der Waals surface area (Å²) < 4.78 is 5.10. The van der Waals surface area contributed by atoms with Crippen molar-refractivity contribution in [3.63, 3.8) is 0 Å². The molecular weight excluding hydrogens is 186 g/mol. The molecule has 0 aliphatic rings. The summed E-state index contributed by atoms with van der Waals surface area (Å²) >= 11 is 0. The van der Waals surface area contributed by atoms with E-state index in [9.17, 15) is 0 Å². The lowest BCUT2D eigenvalue weighted by Crippen LogP contribution is -2.26. The van der Waals surface area contributed by atoms with Crippen molar-refractivity contribution in [3.8, 4) is 0 Å². The van der Waals surface area contributed by atoms with E-state index in [0.717, 1.165) is 19.4 Å². The lowest BCUT2D eigenvalue weighted by atomic mass is 9.97. The van der Waals surface area contributed by atoms with E-state index in [1.165, 1.54) is 5.56 Å². The van der Waals surface area contributed by atoms with Gasteiger partial charge in [0.1, 0.15) is 0 Å². The Labute approximate surface area is 92.4 Å². The maximum absolute atomic E-state index is 6.08. The van der Waals surface area contributed by atoms with Crippen LogP contribution in [0.3, 0.4) is 0 Å². The lowest BCUT2D eigenvalue weighted by Gasteiger charge is -2.16. The average molecular weight is 207 g/mol. The maximum atomic E-state index is 6.08. The maximum Gasteiger partial charge on any atom is 0.0488 e. The van der Waals surface area contributed by atoms with E-state index in [4.69, 9.17) is 10.5 Å². The van der Waals surface area contributed by atoms with Gasteiger partial charge in [0.25, 0.3) is 0 Å². The molecule has 2 heteroatoms. The minimum absolute atomic E-state index is 0.234. The second kappa shape index (κ2) is 6.59. The number of hydrogen-bond acceptors (Lipinski definition) is 2. The van der Waals surface area contributed by atoms with Gasteiger partial charge in [0.2, 0.25) is 0 Å². The molecule has 0 amide bonds. The van der Waals surface area contributed by atoms with Gasteiger partial charge in [-0.25, -0.2) is 0 Å². The molecular formula is C13H21NO. The predicted molar refractivity (Wildman–Crippen MR) is 63.8 cm³/mol. The third-order valence-corrected chi connectivity index (χ3v) is 2.50. The van der Waals surface area contributed by atoms with Crippen molar-refractivity contribution in [1.29, 1.82) is 0 Å². The standard InChI is InChI=1S/C13H21NO/c1-11(10-15-2)8-13(14)9-12-6-4-3-5-7-12/h3-7,11,13H,8-10,14H2,1-2H3. The molecule has 0 aliphatic heterocycles. The van der Waals surface area contributed by atoms with Crippen LogP contribution < -0.4 is 5.73 Å². The molecule has 1 aromatic carbocycles. The first-order chi connectivity index (χ1) is 7.22. The molecule has 2 atom stereocenters. The van der Waals surface area contributed by atoms with Crippen LogP contribution in [0.15, 0.2) is 30.3 Å². The van der Waals surface area contributed by atoms with Crippen molar-refractivity contribution >= 4 is 0 Å². The van der Waals surface area contributed by atoms with E-state index in [0.29, 0.717) is 5.92 Å². The molecule has 2 N–H and O–H groups in total. The largest absolute Gasteiger partial charge is 0.384 e. The minimum atomic E-state index is 0.234. The van der Waals surface area contributed by atoms with Gasteiger partial charge >= 0.3 is 0 Å². The SMILES string of the molecule is COCC(C)CC(N)Cc1ccccc1. The molecule has 0 aliphatic carbocycles. The van der Waals surface area contributed by atoms with Crippen molar-refractivity contribution in [2.45, 2.75) is 25.8 Å². The first kappa shape index (κ1) is 12.2. The van der Waals surface area contributed by atoms with Crippen LogP contribution >= 0.6 is 0 Å². The fourth-order valence-corrected chi connectivity index (χ4v) is 1.87. The molecule has 15 heavy (non-hydrogen) atoms. The van der Waals surface area contributed by atoms with Crippen LogP contribution in [0.2, 0.25) is 0 Å². The van der Waals surface area contributed by atoms with Gasteiger partial charge in [0, 0.05) is 19.8 Å². The normalized spacial score (nSPS) is 14.9. The lowest BCUT2D eigenvalue weighted by molar-refractivity contribution is 0.152. The summed E-state index contributed by atoms with van der Waals surface area (Å²) in [5.74, 6) is 0.536. The number of ether oxygens (including phenoxy) is 1. The second-order valence-corrected chi connectivity index (χ2v) is 4.25. The summed E-state index contributed by atoms with van der Waals surface area (Å²) in [6.07, 6.45) is 1.97. The van der Waals surface area contributed by atoms with Gasteiger partial charge in [-0.1, -0.05) is 37.3 Å². The molecule has 2 unspecified atom stereocenters. The first-order valence-electron chi connectivity index (χ1n) is 5.50. The monoisotopic (exact) mass is 207 g/mol. The number of benzene rings is 1. The van der Waals surface area contributed by atoms with Gasteiger partial charge in [-0.15, -0.1) is 0 Å². The highest BCUT2D eigenvalue weighted by molar-refractivity contribution is 5.15. The van der Waals surface area contributed by atoms with Gasteiger partial charge in [-0.2, -0.15) is 0 Å². The summed E-state index contributed by atoms with van der Waals surface area (Å²) in [4.78, 5) is 0. The number of hydrogen-bond donors (Lipinski definition) is 1. The zero-order valence-corrected chi connectivity index (χ0v) is 9.65. The second-order valence-electron chi connectivity index (χ2n) is 4.25. The Kier molecular flexibility index (Phi) is 5.37. The summed E-state index contributed by atoms with van der Waals surface area (Å²) in [6.45, 7) is 2.97. The van der Waals surface area contributed by atoms with Crippen molar-refractivity contribution in [3.05, 3.63) is 35.9 Å². The Bertz CT molecular complexity index is 260. The topological polar surface area (TPSA) is 35.2 Å². The van der Waals surface area contributed by atoms with E-state index in [1.807, 2.05) is 6.07 Å². The van der Waals surface area contributed by atoms with Crippen LogP contribution in [0.5, 0.6) is 0 Å². The van der Waals surface area contributed by atoms with Crippen LogP contribution in [-0.4, -0.2) is 19.8 Å². The highest BCUT2D eigenvalue weighted by Gasteiger charge is 2.09. The Hall–Kier alpha value is -0.860. The Morgan fingerprint density at radius 3 is 2.53 bits per heavy atom. The molecule has 0 saturated heterocycles. The average Bonchev–Trinajstić information content (AvgIpc) is 2.19. The van der Waals surface area contributed by atoms with Crippen molar-refractivity contribution < 1.29 is 4.74 Å². The molecule has 1 rings (SSSR count). The molecule has 0 aromatic heterocycles. The van der Waals surface area contributed by atoms with Crippen LogP contribution in [0, 0.1) is 5.92 Å². The van der Waals surface area contributed by atoms with Crippen molar-refractivity contribution in [2.24, 2.45) is 11.7 Å². The molecule has 0 heterocycles. The molecule has 0 radical (unpaired) electrons. The Balaban J connectivity index is 2.33. The number of methoxy groups -OCH3 is 1. The number of nitrogens with two attached hydrogens (primary N) is 1. The zero-order chi connectivity index (χ0) is 11.1. The van der Waals surface area contributed by atoms with Crippen molar-refractivity contribution in [2.75, 3.05) is 13.7 Å². The first-order valence-corrected chi connectivity index (χ1v) is 5.50. The van der Waals surface area contributed by atoms with E-state index >= 15 is 0 Å². The number of rotatable bonds is 6. The fraction of sp³-hybridized carbons (Fsp3) is 0.538. The van der Waals surface area contributed by atoms with Crippen LogP contribution in [0.1, 0.15) is 18.9 Å². The highest BCUT2D eigenvalue weighted by atomic mass is 16.5. The summed E-state index contributed by atoms with van der Waals surface area (Å²) in [5.41, 5.74) is 7.40. The van der Waals surface area contributed by atoms with Gasteiger partial charge in [0.05, 0.1) is 0 Å². The van der Waals surface area contributed by atoms with Crippen LogP contribution in [0.25, 0.3) is 0 Å². The van der Waals surface area contributed by atoms with Crippen LogP contribution in [-0.2, 0) is 11.2 Å². The third-order valence-electron chi connectivity index (χ3n) is 2.50. The molecule has 0 fully saturated rings. The predicted octanol–water partition coefficient (Wildman–Crippen LogP) is 2.23. The fourth-order valence-electron chi connectivity index (χ4n) is 1.87. The summed E-state index contributed by atoms with van der Waals surface area (Å²) in [6, 6.07) is 10.6. The van der Waals surface area contributed by atoms with Crippen molar-refractivity contribution in [1.82, 2.24) is 0 Å². The smallest absolute Gasteiger partial charge is 0.0488 e. The molecule has 0 bridgehead atoms. The summed E-state index contributed by atoms with van der Waals surface area (Å²) in [7, 11) is 1.74. The van der Waals surface area contributed by atoms with Crippen LogP contribution in [0.4, 0.5) is 0 Å². The van der Waals surface area contributed by atoms with E-state index in [2.05, 4.69) is 31.2 Å². The zero-order valence-electron chi connectivity index (χ0n) is 9.65. The Morgan fingerprint density at radius 2 is 1.93 bits per heavy atom. The Morgan fingerprint density at radius 1 is 1.27 bits per heavy atom. The van der Waals surface area contributed by atoms with Gasteiger partial charge in [0.15, 0.2) is 0 Å².